The predicted molar refractivity (Wildman–Crippen MR) is 117 cm³/mol. The summed E-state index contributed by atoms with van der Waals surface area (Å²) in [6.07, 6.45) is 1.95. The largest absolute Gasteiger partial charge is 0.489 e. The molecule has 0 unspecified atom stereocenters. The molecule has 2 aromatic heterocycles. The molecule has 3 N–H and O–H groups in total. The zero-order valence-electron chi connectivity index (χ0n) is 15.8. The van der Waals surface area contributed by atoms with E-state index in [4.69, 9.17) is 14.9 Å². The van der Waals surface area contributed by atoms with Crippen LogP contribution in [0.15, 0.2) is 52.9 Å². The van der Waals surface area contributed by atoms with Gasteiger partial charge in [0, 0.05) is 28.3 Å². The first-order chi connectivity index (χ1) is 13.5. The highest BCUT2D eigenvalue weighted by Gasteiger charge is 2.11. The minimum Gasteiger partial charge on any atom is -0.489 e. The van der Waals surface area contributed by atoms with Crippen LogP contribution in [0.2, 0.25) is 0 Å². The number of thiazole rings is 1. The van der Waals surface area contributed by atoms with Gasteiger partial charge in [-0.1, -0.05) is 6.07 Å². The molecule has 2 aromatic carbocycles. The molecule has 2 heterocycles. The fourth-order valence-corrected chi connectivity index (χ4v) is 4.00. The molecule has 144 valence electrons. The maximum atomic E-state index is 5.91. The molecule has 0 bridgehead atoms. The Morgan fingerprint density at radius 3 is 2.86 bits per heavy atom. The molecule has 0 aliphatic rings. The van der Waals surface area contributed by atoms with Gasteiger partial charge in [-0.15, -0.1) is 11.3 Å². The minimum atomic E-state index is 0.0787. The van der Waals surface area contributed by atoms with E-state index in [1.165, 1.54) is 11.9 Å². The van der Waals surface area contributed by atoms with Gasteiger partial charge in [-0.25, -0.2) is 4.98 Å². The number of fused-ring (bicyclic) bond motifs is 1. The molecule has 0 amide bonds. The van der Waals surface area contributed by atoms with Crippen molar-refractivity contribution in [1.82, 2.24) is 14.8 Å². The highest BCUT2D eigenvalue weighted by molar-refractivity contribution is 7.97. The topological polar surface area (TPSA) is 78.0 Å². The monoisotopic (exact) mass is 411 g/mol. The van der Waals surface area contributed by atoms with E-state index >= 15 is 0 Å². The Bertz CT molecular complexity index is 1120. The van der Waals surface area contributed by atoms with Crippen molar-refractivity contribution >= 4 is 45.0 Å². The van der Waals surface area contributed by atoms with Crippen LogP contribution in [-0.4, -0.2) is 20.9 Å². The molecule has 6 nitrogen and oxygen atoms in total. The summed E-state index contributed by atoms with van der Waals surface area (Å²) in [6, 6.07) is 12.1. The second-order valence-corrected chi connectivity index (χ2v) is 8.21. The Labute approximate surface area is 171 Å². The van der Waals surface area contributed by atoms with E-state index < -0.39 is 0 Å². The molecular weight excluding hydrogens is 390 g/mol. The third kappa shape index (κ3) is 3.84. The van der Waals surface area contributed by atoms with Crippen molar-refractivity contribution < 1.29 is 4.74 Å². The van der Waals surface area contributed by atoms with Crippen LogP contribution in [0.3, 0.4) is 0 Å². The number of nitrogens with two attached hydrogens (primary N) is 1. The number of nitrogens with one attached hydrogen (secondary N) is 1. The third-order valence-corrected chi connectivity index (χ3v) is 5.52. The number of hydrogen-bond acceptors (Lipinski definition) is 7. The van der Waals surface area contributed by atoms with Gasteiger partial charge in [-0.3, -0.25) is 9.82 Å². The summed E-state index contributed by atoms with van der Waals surface area (Å²) < 4.78 is 7.78. The molecule has 0 saturated heterocycles. The maximum absolute atomic E-state index is 5.91. The first kappa shape index (κ1) is 18.8. The zero-order chi connectivity index (χ0) is 19.7. The molecule has 0 spiro atoms. The predicted octanol–water partition coefficient (Wildman–Crippen LogP) is 5.19. The quantitative estimate of drug-likeness (QED) is 0.425. The van der Waals surface area contributed by atoms with Gasteiger partial charge in [0.05, 0.1) is 29.2 Å². The summed E-state index contributed by atoms with van der Waals surface area (Å²) in [4.78, 5) is 5.71. The van der Waals surface area contributed by atoms with E-state index in [0.717, 1.165) is 43.6 Å². The molecule has 0 radical (unpaired) electrons. The van der Waals surface area contributed by atoms with Crippen molar-refractivity contribution in [2.45, 2.75) is 24.8 Å². The van der Waals surface area contributed by atoms with E-state index in [0.29, 0.717) is 0 Å². The Balaban J connectivity index is 1.62. The van der Waals surface area contributed by atoms with Crippen LogP contribution in [0.4, 0.5) is 10.8 Å². The lowest BCUT2D eigenvalue weighted by Gasteiger charge is -2.15. The van der Waals surface area contributed by atoms with E-state index in [9.17, 15) is 0 Å². The smallest absolute Gasteiger partial charge is 0.187 e. The second-order valence-electron chi connectivity index (χ2n) is 6.65. The SMILES string of the molecule is CC(C)Oc1ccc(SN)cc1Nc1nc(-c2ccc3c(cnn3C)c2)cs1. The van der Waals surface area contributed by atoms with E-state index in [1.54, 1.807) is 11.3 Å². The fraction of sp³-hybridized carbons (Fsp3) is 0.200. The molecular formula is C20H21N5OS2. The van der Waals surface area contributed by atoms with Crippen molar-refractivity contribution in [2.24, 2.45) is 12.2 Å². The van der Waals surface area contributed by atoms with Gasteiger partial charge in [0.15, 0.2) is 5.13 Å². The summed E-state index contributed by atoms with van der Waals surface area (Å²) in [5.74, 6) is 0.779. The number of anilines is 2. The van der Waals surface area contributed by atoms with E-state index in [1.807, 2.05) is 55.4 Å². The van der Waals surface area contributed by atoms with Crippen molar-refractivity contribution in [2.75, 3.05) is 5.32 Å². The van der Waals surface area contributed by atoms with Crippen LogP contribution in [0, 0.1) is 0 Å². The molecule has 0 aliphatic carbocycles. The average Bonchev–Trinajstić information content (AvgIpc) is 3.29. The standard InChI is InChI=1S/C20H21N5OS2/c1-12(2)26-19-7-5-15(28-21)9-16(19)23-20-24-17(11-27-20)13-4-6-18-14(8-13)10-22-25(18)3/h4-12H,21H2,1-3H3,(H,23,24). The van der Waals surface area contributed by atoms with Crippen LogP contribution in [0.25, 0.3) is 22.2 Å². The van der Waals surface area contributed by atoms with Gasteiger partial charge < -0.3 is 10.1 Å². The van der Waals surface area contributed by atoms with Crippen LogP contribution in [0.5, 0.6) is 5.75 Å². The minimum absolute atomic E-state index is 0.0787. The number of nitrogens with zero attached hydrogens (tertiary/aromatic N) is 3. The molecule has 0 atom stereocenters. The molecule has 0 fully saturated rings. The Morgan fingerprint density at radius 1 is 1.21 bits per heavy atom. The summed E-state index contributed by atoms with van der Waals surface area (Å²) in [7, 11) is 1.94. The van der Waals surface area contributed by atoms with Crippen molar-refractivity contribution in [3.63, 3.8) is 0 Å². The average molecular weight is 412 g/mol. The zero-order valence-corrected chi connectivity index (χ0v) is 17.5. The summed E-state index contributed by atoms with van der Waals surface area (Å²) in [6.45, 7) is 4.01. The lowest BCUT2D eigenvalue weighted by atomic mass is 10.1. The van der Waals surface area contributed by atoms with Crippen LogP contribution in [-0.2, 0) is 7.05 Å². The molecule has 8 heteroatoms. The molecule has 0 aliphatic heterocycles. The first-order valence-corrected chi connectivity index (χ1v) is 10.6. The summed E-state index contributed by atoms with van der Waals surface area (Å²) >= 11 is 2.76. The molecule has 0 saturated carbocycles. The van der Waals surface area contributed by atoms with Gasteiger partial charge in [0.25, 0.3) is 0 Å². The van der Waals surface area contributed by atoms with Gasteiger partial charge in [0.1, 0.15) is 5.75 Å². The van der Waals surface area contributed by atoms with Crippen molar-refractivity contribution in [3.8, 4) is 17.0 Å². The van der Waals surface area contributed by atoms with E-state index in [2.05, 4.69) is 28.6 Å². The molecule has 4 rings (SSSR count). The van der Waals surface area contributed by atoms with Crippen LogP contribution >= 0.6 is 23.3 Å². The second kappa shape index (κ2) is 7.83. The van der Waals surface area contributed by atoms with Crippen molar-refractivity contribution in [3.05, 3.63) is 48.0 Å². The number of hydrogen-bond donors (Lipinski definition) is 2. The number of rotatable bonds is 6. The Morgan fingerprint density at radius 2 is 2.07 bits per heavy atom. The van der Waals surface area contributed by atoms with Crippen molar-refractivity contribution in [1.29, 1.82) is 0 Å². The highest BCUT2D eigenvalue weighted by Crippen LogP contribution is 2.34. The maximum Gasteiger partial charge on any atom is 0.187 e. The normalized spacial score (nSPS) is 11.3. The first-order valence-electron chi connectivity index (χ1n) is 8.85. The van der Waals surface area contributed by atoms with Crippen LogP contribution < -0.4 is 15.2 Å². The summed E-state index contributed by atoms with van der Waals surface area (Å²) in [5, 5.41) is 17.3. The summed E-state index contributed by atoms with van der Waals surface area (Å²) in [5.41, 5.74) is 3.94. The molecule has 4 aromatic rings. The molecule has 28 heavy (non-hydrogen) atoms. The van der Waals surface area contributed by atoms with Gasteiger partial charge in [-0.2, -0.15) is 5.10 Å². The van der Waals surface area contributed by atoms with Gasteiger partial charge in [0.2, 0.25) is 0 Å². The van der Waals surface area contributed by atoms with Gasteiger partial charge in [-0.05, 0) is 56.1 Å². The number of aryl methyl sites for hydroxylation is 1. The number of benzene rings is 2. The highest BCUT2D eigenvalue weighted by atomic mass is 32.2. The fourth-order valence-electron chi connectivity index (χ4n) is 2.94. The Kier molecular flexibility index (Phi) is 5.25. The lowest BCUT2D eigenvalue weighted by Crippen LogP contribution is -2.07. The lowest BCUT2D eigenvalue weighted by molar-refractivity contribution is 0.243. The van der Waals surface area contributed by atoms with Gasteiger partial charge >= 0.3 is 0 Å². The number of ether oxygens (including phenoxy) is 1. The third-order valence-electron chi connectivity index (χ3n) is 4.24. The number of aromatic nitrogens is 3. The van der Waals surface area contributed by atoms with Crippen LogP contribution in [0.1, 0.15) is 13.8 Å². The Hall–Kier alpha value is -2.55. The van der Waals surface area contributed by atoms with E-state index in [-0.39, 0.29) is 6.10 Å².